The summed E-state index contributed by atoms with van der Waals surface area (Å²) in [4.78, 5) is 5.76. The van der Waals surface area contributed by atoms with Gasteiger partial charge in [0.05, 0.1) is 5.01 Å². The van der Waals surface area contributed by atoms with Gasteiger partial charge in [0.2, 0.25) is 0 Å². The first kappa shape index (κ1) is 13.7. The predicted octanol–water partition coefficient (Wildman–Crippen LogP) is 2.47. The maximum atomic E-state index is 9.07. The summed E-state index contributed by atoms with van der Waals surface area (Å²) in [5.41, 5.74) is 0.137. The Balaban J connectivity index is 1.84. The van der Waals surface area contributed by atoms with Gasteiger partial charge in [0.25, 0.3) is 0 Å². The molecule has 0 bridgehead atoms. The van der Waals surface area contributed by atoms with Crippen LogP contribution in [-0.4, -0.2) is 22.7 Å². The SMILES string of the molecule is CC(C)(C)c1ncc(CN[C@@H]2C=C[C@H](CO)C2)s1. The van der Waals surface area contributed by atoms with Gasteiger partial charge in [-0.1, -0.05) is 32.9 Å². The third-order valence-corrected chi connectivity index (χ3v) is 4.56. The van der Waals surface area contributed by atoms with Crippen molar-refractivity contribution in [2.45, 2.75) is 45.2 Å². The van der Waals surface area contributed by atoms with Crippen molar-refractivity contribution in [3.05, 3.63) is 28.2 Å². The molecule has 100 valence electrons. The lowest BCUT2D eigenvalue weighted by Gasteiger charge is -2.14. The number of nitrogens with zero attached hydrogens (tertiary/aromatic N) is 1. The molecule has 1 aromatic rings. The third-order valence-electron chi connectivity index (χ3n) is 3.14. The molecule has 1 aromatic heterocycles. The van der Waals surface area contributed by atoms with Crippen molar-refractivity contribution in [3.63, 3.8) is 0 Å². The average Bonchev–Trinajstić information content (AvgIpc) is 2.94. The van der Waals surface area contributed by atoms with E-state index < -0.39 is 0 Å². The van der Waals surface area contributed by atoms with Gasteiger partial charge in [0, 0.05) is 41.6 Å². The van der Waals surface area contributed by atoms with E-state index in [2.05, 4.69) is 43.2 Å². The van der Waals surface area contributed by atoms with Crippen LogP contribution in [0.25, 0.3) is 0 Å². The quantitative estimate of drug-likeness (QED) is 0.823. The minimum absolute atomic E-state index is 0.137. The number of aliphatic hydroxyl groups excluding tert-OH is 1. The van der Waals surface area contributed by atoms with Gasteiger partial charge >= 0.3 is 0 Å². The van der Waals surface area contributed by atoms with Crippen molar-refractivity contribution in [1.82, 2.24) is 10.3 Å². The number of thiazole rings is 1. The van der Waals surface area contributed by atoms with Crippen LogP contribution >= 0.6 is 11.3 Å². The van der Waals surface area contributed by atoms with Gasteiger partial charge in [-0.25, -0.2) is 4.98 Å². The molecule has 2 rings (SSSR count). The summed E-state index contributed by atoms with van der Waals surface area (Å²) >= 11 is 1.78. The van der Waals surface area contributed by atoms with Crippen LogP contribution in [0.1, 0.15) is 37.1 Å². The standard InChI is InChI=1S/C14H22N2OS/c1-14(2,3)13-16-8-12(18-13)7-15-11-5-4-10(6-11)9-17/h4-5,8,10-11,15,17H,6-7,9H2,1-3H3/t10-,11+/m0/s1. The molecule has 0 spiro atoms. The van der Waals surface area contributed by atoms with E-state index in [4.69, 9.17) is 5.11 Å². The molecule has 1 aliphatic carbocycles. The molecule has 18 heavy (non-hydrogen) atoms. The number of rotatable bonds is 4. The zero-order chi connectivity index (χ0) is 13.2. The van der Waals surface area contributed by atoms with Crippen molar-refractivity contribution in [2.75, 3.05) is 6.61 Å². The highest BCUT2D eigenvalue weighted by Gasteiger charge is 2.20. The maximum Gasteiger partial charge on any atom is 0.0981 e. The molecular formula is C14H22N2OS. The van der Waals surface area contributed by atoms with E-state index in [-0.39, 0.29) is 12.0 Å². The maximum absolute atomic E-state index is 9.07. The molecule has 0 aromatic carbocycles. The molecule has 3 nitrogen and oxygen atoms in total. The largest absolute Gasteiger partial charge is 0.396 e. The summed E-state index contributed by atoms with van der Waals surface area (Å²) in [5, 5.41) is 13.8. The van der Waals surface area contributed by atoms with Crippen LogP contribution < -0.4 is 5.32 Å². The third kappa shape index (κ3) is 3.40. The van der Waals surface area contributed by atoms with E-state index >= 15 is 0 Å². The molecule has 2 atom stereocenters. The Morgan fingerprint density at radius 1 is 1.44 bits per heavy atom. The van der Waals surface area contributed by atoms with E-state index in [1.165, 1.54) is 9.88 Å². The summed E-state index contributed by atoms with van der Waals surface area (Å²) < 4.78 is 0. The van der Waals surface area contributed by atoms with Crippen molar-refractivity contribution in [1.29, 1.82) is 0 Å². The van der Waals surface area contributed by atoms with Crippen LogP contribution in [0, 0.1) is 5.92 Å². The van der Waals surface area contributed by atoms with E-state index in [1.54, 1.807) is 11.3 Å². The van der Waals surface area contributed by atoms with E-state index in [9.17, 15) is 0 Å². The van der Waals surface area contributed by atoms with Crippen LogP contribution in [0.3, 0.4) is 0 Å². The first-order valence-corrected chi connectivity index (χ1v) is 7.28. The molecule has 0 saturated heterocycles. The number of aromatic nitrogens is 1. The average molecular weight is 266 g/mol. The van der Waals surface area contributed by atoms with Gasteiger partial charge in [-0.15, -0.1) is 11.3 Å². The molecule has 0 saturated carbocycles. The van der Waals surface area contributed by atoms with Crippen molar-refractivity contribution < 1.29 is 5.11 Å². The fraction of sp³-hybridized carbons (Fsp3) is 0.643. The Morgan fingerprint density at radius 3 is 2.78 bits per heavy atom. The molecule has 0 amide bonds. The summed E-state index contributed by atoms with van der Waals surface area (Å²) in [7, 11) is 0. The first-order chi connectivity index (χ1) is 8.49. The first-order valence-electron chi connectivity index (χ1n) is 6.47. The fourth-order valence-electron chi connectivity index (χ4n) is 2.03. The number of aliphatic hydroxyl groups is 1. The molecule has 0 radical (unpaired) electrons. The molecule has 1 aliphatic rings. The van der Waals surface area contributed by atoms with Gasteiger partial charge in [0.1, 0.15) is 0 Å². The van der Waals surface area contributed by atoms with E-state index in [1.807, 2.05) is 6.20 Å². The van der Waals surface area contributed by atoms with Crippen LogP contribution in [0.5, 0.6) is 0 Å². The smallest absolute Gasteiger partial charge is 0.0981 e. The van der Waals surface area contributed by atoms with Crippen molar-refractivity contribution in [3.8, 4) is 0 Å². The molecular weight excluding hydrogens is 244 g/mol. The van der Waals surface area contributed by atoms with Crippen LogP contribution in [-0.2, 0) is 12.0 Å². The minimum atomic E-state index is 0.137. The molecule has 1 heterocycles. The zero-order valence-corrected chi connectivity index (χ0v) is 12.1. The lowest BCUT2D eigenvalue weighted by atomic mass is 9.98. The predicted molar refractivity (Wildman–Crippen MR) is 75.8 cm³/mol. The summed E-state index contributed by atoms with van der Waals surface area (Å²) in [6, 6.07) is 0.391. The lowest BCUT2D eigenvalue weighted by molar-refractivity contribution is 0.246. The second kappa shape index (κ2) is 5.51. The fourth-order valence-corrected chi connectivity index (χ4v) is 2.95. The Kier molecular flexibility index (Phi) is 4.20. The highest BCUT2D eigenvalue weighted by atomic mass is 32.1. The minimum Gasteiger partial charge on any atom is -0.396 e. The Morgan fingerprint density at radius 2 is 2.22 bits per heavy atom. The second-order valence-corrected chi connectivity index (χ2v) is 7.05. The Bertz CT molecular complexity index is 420. The molecule has 0 fully saturated rings. The summed E-state index contributed by atoms with van der Waals surface area (Å²) in [5.74, 6) is 0.328. The van der Waals surface area contributed by atoms with E-state index in [0.717, 1.165) is 13.0 Å². The zero-order valence-electron chi connectivity index (χ0n) is 11.3. The number of nitrogens with one attached hydrogen (secondary N) is 1. The monoisotopic (exact) mass is 266 g/mol. The Labute approximate surface area is 113 Å². The van der Waals surface area contributed by atoms with Gasteiger partial charge in [-0.3, -0.25) is 0 Å². The van der Waals surface area contributed by atoms with Gasteiger partial charge in [0.15, 0.2) is 0 Å². The molecule has 0 aliphatic heterocycles. The molecule has 0 unspecified atom stereocenters. The van der Waals surface area contributed by atoms with E-state index in [0.29, 0.717) is 12.0 Å². The summed E-state index contributed by atoms with van der Waals surface area (Å²) in [6.45, 7) is 7.68. The van der Waals surface area contributed by atoms with Crippen LogP contribution in [0.2, 0.25) is 0 Å². The van der Waals surface area contributed by atoms with Gasteiger partial charge in [-0.05, 0) is 6.42 Å². The van der Waals surface area contributed by atoms with Gasteiger partial charge in [-0.2, -0.15) is 0 Å². The van der Waals surface area contributed by atoms with Crippen LogP contribution in [0.15, 0.2) is 18.3 Å². The highest BCUT2D eigenvalue weighted by molar-refractivity contribution is 7.11. The highest BCUT2D eigenvalue weighted by Crippen LogP contribution is 2.27. The lowest BCUT2D eigenvalue weighted by Crippen LogP contribution is -2.25. The molecule has 4 heteroatoms. The number of hydrogen-bond donors (Lipinski definition) is 2. The van der Waals surface area contributed by atoms with Crippen molar-refractivity contribution in [2.24, 2.45) is 5.92 Å². The second-order valence-electron chi connectivity index (χ2n) is 5.93. The Hall–Kier alpha value is -0.710. The van der Waals surface area contributed by atoms with Gasteiger partial charge < -0.3 is 10.4 Å². The summed E-state index contributed by atoms with van der Waals surface area (Å²) in [6.07, 6.45) is 7.24. The van der Waals surface area contributed by atoms with Crippen molar-refractivity contribution >= 4 is 11.3 Å². The molecule has 2 N–H and O–H groups in total. The van der Waals surface area contributed by atoms with Crippen LogP contribution in [0.4, 0.5) is 0 Å². The number of hydrogen-bond acceptors (Lipinski definition) is 4. The normalized spacial score (nSPS) is 23.8. The topological polar surface area (TPSA) is 45.2 Å².